The molecular formula is C21H20F3N7O5. The van der Waals surface area contributed by atoms with Crippen LogP contribution < -0.4 is 10.1 Å². The van der Waals surface area contributed by atoms with Crippen LogP contribution in [0.5, 0.6) is 5.75 Å². The topological polar surface area (TPSA) is 148 Å². The van der Waals surface area contributed by atoms with E-state index in [9.17, 15) is 27.9 Å². The van der Waals surface area contributed by atoms with Crippen LogP contribution in [0.3, 0.4) is 0 Å². The number of alkyl halides is 3. The van der Waals surface area contributed by atoms with E-state index < -0.39 is 42.1 Å². The van der Waals surface area contributed by atoms with Crippen molar-refractivity contribution >= 4 is 12.0 Å². The highest BCUT2D eigenvalue weighted by Gasteiger charge is 2.37. The number of rotatable bonds is 7. The van der Waals surface area contributed by atoms with Crippen molar-refractivity contribution in [3.63, 3.8) is 0 Å². The van der Waals surface area contributed by atoms with Gasteiger partial charge < -0.3 is 24.5 Å². The molecule has 2 aliphatic rings. The average Bonchev–Trinajstić information content (AvgIpc) is 3.19. The summed E-state index contributed by atoms with van der Waals surface area (Å²) >= 11 is 0. The van der Waals surface area contributed by atoms with Crippen molar-refractivity contribution in [1.29, 1.82) is 0 Å². The number of carbonyl (C=O) groups is 2. The van der Waals surface area contributed by atoms with Crippen molar-refractivity contribution in [3.05, 3.63) is 42.0 Å². The number of halogens is 3. The molecule has 12 nitrogen and oxygen atoms in total. The molecule has 2 aromatic heterocycles. The predicted octanol–water partition coefficient (Wildman–Crippen LogP) is 2.66. The number of hydrogen-bond donors (Lipinski definition) is 2. The summed E-state index contributed by atoms with van der Waals surface area (Å²) < 4.78 is 49.1. The Kier molecular flexibility index (Phi) is 5.97. The molecule has 190 valence electrons. The highest BCUT2D eigenvalue weighted by molar-refractivity contribution is 5.90. The van der Waals surface area contributed by atoms with Gasteiger partial charge in [0.15, 0.2) is 0 Å². The largest absolute Gasteiger partial charge is 0.573 e. The Labute approximate surface area is 201 Å². The van der Waals surface area contributed by atoms with E-state index in [-0.39, 0.29) is 30.5 Å². The molecule has 0 unspecified atom stereocenters. The van der Waals surface area contributed by atoms with Gasteiger partial charge in [-0.15, -0.1) is 28.5 Å². The Morgan fingerprint density at radius 2 is 2.06 bits per heavy atom. The first-order valence-corrected chi connectivity index (χ1v) is 11.0. The van der Waals surface area contributed by atoms with E-state index in [0.29, 0.717) is 6.42 Å². The minimum Gasteiger partial charge on any atom is -0.465 e. The minimum atomic E-state index is -4.87. The Morgan fingerprint density at radius 3 is 2.72 bits per heavy atom. The zero-order valence-electron chi connectivity index (χ0n) is 18.6. The number of carboxylic acid groups (broad SMARTS) is 1. The lowest BCUT2D eigenvalue weighted by molar-refractivity contribution is -0.274. The van der Waals surface area contributed by atoms with Gasteiger partial charge in [0.25, 0.3) is 0 Å². The van der Waals surface area contributed by atoms with Crippen LogP contribution in [0.25, 0.3) is 11.5 Å². The number of carbonyl (C=O) groups excluding carboxylic acids is 1. The van der Waals surface area contributed by atoms with Crippen LogP contribution in [0.1, 0.15) is 41.4 Å². The lowest BCUT2D eigenvalue weighted by Gasteiger charge is -2.20. The summed E-state index contributed by atoms with van der Waals surface area (Å²) in [5.41, 5.74) is 0.987. The van der Waals surface area contributed by atoms with E-state index in [0.717, 1.165) is 24.5 Å². The molecule has 1 aliphatic carbocycles. The Hall–Kier alpha value is -4.17. The Bertz CT molecular complexity index is 1260. The Morgan fingerprint density at radius 1 is 1.25 bits per heavy atom. The van der Waals surface area contributed by atoms with Gasteiger partial charge in [0.05, 0.1) is 18.8 Å². The smallest absolute Gasteiger partial charge is 0.465 e. The summed E-state index contributed by atoms with van der Waals surface area (Å²) in [5, 5.41) is 27.4. The molecule has 3 aromatic rings. The molecule has 2 N–H and O–H groups in total. The number of nitrogens with zero attached hydrogens (tertiary/aromatic N) is 6. The van der Waals surface area contributed by atoms with E-state index in [2.05, 4.69) is 30.6 Å². The lowest BCUT2D eigenvalue weighted by Crippen LogP contribution is -2.39. The fraction of sp³-hybridized carbons (Fsp3) is 0.429. The predicted molar refractivity (Wildman–Crippen MR) is 113 cm³/mol. The van der Waals surface area contributed by atoms with Crippen molar-refractivity contribution < 1.29 is 37.0 Å². The molecule has 1 saturated carbocycles. The molecule has 2 atom stereocenters. The van der Waals surface area contributed by atoms with Crippen molar-refractivity contribution in [2.24, 2.45) is 0 Å². The number of amides is 2. The first-order valence-electron chi connectivity index (χ1n) is 11.0. The summed E-state index contributed by atoms with van der Waals surface area (Å²) in [4.78, 5) is 25.6. The molecule has 0 spiro atoms. The van der Waals surface area contributed by atoms with Gasteiger partial charge in [-0.25, -0.2) is 4.79 Å². The van der Waals surface area contributed by atoms with Gasteiger partial charge in [-0.3, -0.25) is 9.48 Å². The number of likely N-dealkylation sites (tertiary alicyclic amines) is 1. The van der Waals surface area contributed by atoms with Gasteiger partial charge in [0, 0.05) is 24.3 Å². The van der Waals surface area contributed by atoms with E-state index in [4.69, 9.17) is 4.42 Å². The second-order valence-electron chi connectivity index (χ2n) is 8.60. The van der Waals surface area contributed by atoms with Crippen LogP contribution >= 0.6 is 0 Å². The Balaban J connectivity index is 1.30. The first-order chi connectivity index (χ1) is 17.2. The number of aromatic nitrogens is 5. The van der Waals surface area contributed by atoms with Crippen molar-refractivity contribution in [3.8, 4) is 17.2 Å². The molecule has 1 aliphatic heterocycles. The van der Waals surface area contributed by atoms with Gasteiger partial charge in [-0.1, -0.05) is 11.3 Å². The molecule has 36 heavy (non-hydrogen) atoms. The number of benzene rings is 1. The van der Waals surface area contributed by atoms with E-state index >= 15 is 0 Å². The summed E-state index contributed by atoms with van der Waals surface area (Å²) in [5.74, 6) is -1.52. The molecule has 2 fully saturated rings. The molecule has 0 bridgehead atoms. The average molecular weight is 507 g/mol. The van der Waals surface area contributed by atoms with Crippen LogP contribution in [0.4, 0.5) is 18.0 Å². The maximum absolute atomic E-state index is 12.8. The highest BCUT2D eigenvalue weighted by atomic mass is 19.4. The standard InChI is InChI=1S/C21H20F3N7O5/c22-21(23,24)36-14-3-4-15(11-1-2-11)16(8-14)18-27-28-19(35-18)17(32)26-12-7-13(31(9-12)20(33)34)10-30-6-5-25-29-30/h3-6,8,11-13H,1-2,7,9-10H2,(H,26,32)(H,33,34)/t12-,13+/m1/s1. The van der Waals surface area contributed by atoms with E-state index in [1.165, 1.54) is 27.9 Å². The van der Waals surface area contributed by atoms with E-state index in [1.807, 2.05) is 0 Å². The molecule has 2 amide bonds. The summed E-state index contributed by atoms with van der Waals surface area (Å²) in [6.07, 6.45) is -0.860. The molecular weight excluding hydrogens is 487 g/mol. The van der Waals surface area contributed by atoms with Gasteiger partial charge in [-0.2, -0.15) is 0 Å². The molecule has 0 radical (unpaired) electrons. The maximum atomic E-state index is 12.8. The zero-order chi connectivity index (χ0) is 25.4. The van der Waals surface area contributed by atoms with Crippen LogP contribution in [0.2, 0.25) is 0 Å². The third-order valence-corrected chi connectivity index (χ3v) is 5.99. The molecule has 3 heterocycles. The quantitative estimate of drug-likeness (QED) is 0.492. The normalized spacial score (nSPS) is 19.9. The lowest BCUT2D eigenvalue weighted by atomic mass is 10.0. The monoisotopic (exact) mass is 507 g/mol. The van der Waals surface area contributed by atoms with E-state index in [1.54, 1.807) is 6.20 Å². The fourth-order valence-electron chi connectivity index (χ4n) is 4.31. The molecule has 1 saturated heterocycles. The fourth-order valence-corrected chi connectivity index (χ4v) is 4.31. The van der Waals surface area contributed by atoms with Gasteiger partial charge in [0.2, 0.25) is 5.89 Å². The summed E-state index contributed by atoms with van der Waals surface area (Å²) in [6, 6.07) is 2.94. The van der Waals surface area contributed by atoms with Crippen LogP contribution in [-0.2, 0) is 6.54 Å². The number of hydrogen-bond acceptors (Lipinski definition) is 8. The van der Waals surface area contributed by atoms with Crippen LogP contribution in [0, 0.1) is 0 Å². The van der Waals surface area contributed by atoms with Crippen molar-refractivity contribution in [2.75, 3.05) is 6.54 Å². The molecule has 15 heteroatoms. The minimum absolute atomic E-state index is 0.0457. The molecule has 5 rings (SSSR count). The summed E-state index contributed by atoms with van der Waals surface area (Å²) in [6.45, 7) is 0.313. The van der Waals surface area contributed by atoms with Gasteiger partial charge in [0.1, 0.15) is 5.75 Å². The van der Waals surface area contributed by atoms with Crippen LogP contribution in [-0.4, -0.2) is 72.2 Å². The SMILES string of the molecule is O=C(N[C@@H]1C[C@@H](Cn2ccnn2)N(C(=O)O)C1)c1nnc(-c2cc(OC(F)(F)F)ccc2C2CC2)o1. The van der Waals surface area contributed by atoms with Crippen molar-refractivity contribution in [2.45, 2.75) is 50.2 Å². The first kappa shape index (κ1) is 23.6. The second kappa shape index (κ2) is 9.13. The van der Waals surface area contributed by atoms with Gasteiger partial charge >= 0.3 is 24.3 Å². The number of nitrogens with one attached hydrogen (secondary N) is 1. The highest BCUT2D eigenvalue weighted by Crippen LogP contribution is 2.45. The zero-order valence-corrected chi connectivity index (χ0v) is 18.6. The third-order valence-electron chi connectivity index (χ3n) is 5.99. The maximum Gasteiger partial charge on any atom is 0.573 e. The third kappa shape index (κ3) is 5.23. The van der Waals surface area contributed by atoms with Gasteiger partial charge in [-0.05, 0) is 42.9 Å². The number of ether oxygens (including phenoxy) is 1. The van der Waals surface area contributed by atoms with Crippen LogP contribution in [0.15, 0.2) is 35.0 Å². The van der Waals surface area contributed by atoms with Crippen molar-refractivity contribution in [1.82, 2.24) is 35.4 Å². The second-order valence-corrected chi connectivity index (χ2v) is 8.60. The summed E-state index contributed by atoms with van der Waals surface area (Å²) in [7, 11) is 0. The molecule has 1 aromatic carbocycles.